The maximum absolute atomic E-state index is 8.44. The quantitative estimate of drug-likeness (QED) is 0.476. The molecule has 1 unspecified atom stereocenters. The third kappa shape index (κ3) is 1.67. The average molecular weight is 124 g/mol. The van der Waals surface area contributed by atoms with Crippen molar-refractivity contribution in [3.8, 4) is 6.07 Å². The summed E-state index contributed by atoms with van der Waals surface area (Å²) in [6, 6.07) is 2.05. The first-order chi connectivity index (χ1) is 4.33. The van der Waals surface area contributed by atoms with Crippen LogP contribution in [-0.2, 0) is 0 Å². The monoisotopic (exact) mass is 124 g/mol. The molecule has 1 radical (unpaired) electrons. The molecule has 0 amide bonds. The Hall–Kier alpha value is -0.590. The third-order valence-corrected chi connectivity index (χ3v) is 1.37. The molecule has 1 heterocycles. The van der Waals surface area contributed by atoms with Gasteiger partial charge in [0.15, 0.2) is 0 Å². The lowest BCUT2D eigenvalue weighted by atomic mass is 10.2. The summed E-state index contributed by atoms with van der Waals surface area (Å²) in [7, 11) is 1.98. The molecule has 49 valence electrons. The van der Waals surface area contributed by atoms with E-state index in [1.165, 1.54) is 0 Å². The molecule has 1 atom stereocenters. The molecule has 0 bridgehead atoms. The van der Waals surface area contributed by atoms with Gasteiger partial charge in [-0.3, -0.25) is 10.2 Å². The predicted octanol–water partition coefficient (Wildman–Crippen LogP) is -0.425. The van der Waals surface area contributed by atoms with Crippen molar-refractivity contribution in [2.75, 3.05) is 20.1 Å². The lowest BCUT2D eigenvalue weighted by molar-refractivity contribution is 0.324. The fourth-order valence-electron chi connectivity index (χ4n) is 0.857. The second-order valence-electron chi connectivity index (χ2n) is 2.19. The molecule has 0 spiro atoms. The van der Waals surface area contributed by atoms with E-state index in [-0.39, 0.29) is 6.04 Å². The molecule has 1 rings (SSSR count). The zero-order valence-electron chi connectivity index (χ0n) is 5.46. The van der Waals surface area contributed by atoms with Crippen molar-refractivity contribution in [1.29, 1.82) is 5.26 Å². The van der Waals surface area contributed by atoms with Gasteiger partial charge in [-0.1, -0.05) is 0 Å². The van der Waals surface area contributed by atoms with E-state index in [9.17, 15) is 0 Å². The van der Waals surface area contributed by atoms with Gasteiger partial charge in [0.05, 0.1) is 12.6 Å². The second kappa shape index (κ2) is 2.81. The zero-order valence-corrected chi connectivity index (χ0v) is 5.46. The van der Waals surface area contributed by atoms with Crippen LogP contribution < -0.4 is 5.32 Å². The van der Waals surface area contributed by atoms with Gasteiger partial charge in [-0.25, -0.2) is 0 Å². The molecular formula is C6H10N3. The van der Waals surface area contributed by atoms with Gasteiger partial charge >= 0.3 is 0 Å². The summed E-state index contributed by atoms with van der Waals surface area (Å²) in [5.41, 5.74) is 0. The van der Waals surface area contributed by atoms with Gasteiger partial charge in [0.2, 0.25) is 0 Å². The minimum Gasteiger partial charge on any atom is -0.299 e. The van der Waals surface area contributed by atoms with E-state index in [4.69, 9.17) is 5.26 Å². The minimum absolute atomic E-state index is 0.0799. The Morgan fingerprint density at radius 1 is 1.89 bits per heavy atom. The van der Waals surface area contributed by atoms with Gasteiger partial charge in [0, 0.05) is 13.1 Å². The average Bonchev–Trinajstić information content (AvgIpc) is 1.88. The Morgan fingerprint density at radius 3 is 3.11 bits per heavy atom. The van der Waals surface area contributed by atoms with Crippen molar-refractivity contribution in [3.63, 3.8) is 0 Å². The highest BCUT2D eigenvalue weighted by molar-refractivity contribution is 5.01. The fourth-order valence-corrected chi connectivity index (χ4v) is 0.857. The lowest BCUT2D eigenvalue weighted by Gasteiger charge is -2.25. The molecule has 1 aliphatic rings. The molecule has 0 saturated carbocycles. The Balaban J connectivity index is 2.34. The number of nitriles is 1. The van der Waals surface area contributed by atoms with E-state index in [1.807, 2.05) is 18.5 Å². The Labute approximate surface area is 55.3 Å². The number of nitrogens with one attached hydrogen (secondary N) is 1. The summed E-state index contributed by atoms with van der Waals surface area (Å²) in [5.74, 6) is 0. The standard InChI is InChI=1S/C6H10N3/c1-9-3-2-8-6(4-7)5-9/h5-6,8H,2-3H2,1H3. The second-order valence-corrected chi connectivity index (χ2v) is 2.19. The van der Waals surface area contributed by atoms with Crippen LogP contribution in [0, 0.1) is 17.9 Å². The van der Waals surface area contributed by atoms with Gasteiger partial charge in [0.1, 0.15) is 6.04 Å². The molecule has 1 N–H and O–H groups in total. The number of likely N-dealkylation sites (N-methyl/N-ethyl adjacent to an activating group) is 1. The summed E-state index contributed by atoms with van der Waals surface area (Å²) < 4.78 is 0. The van der Waals surface area contributed by atoms with Crippen LogP contribution >= 0.6 is 0 Å². The van der Waals surface area contributed by atoms with E-state index in [0.717, 1.165) is 13.1 Å². The van der Waals surface area contributed by atoms with Gasteiger partial charge in [-0.15, -0.1) is 0 Å². The van der Waals surface area contributed by atoms with Gasteiger partial charge < -0.3 is 0 Å². The molecule has 1 fully saturated rings. The summed E-state index contributed by atoms with van der Waals surface area (Å²) >= 11 is 0. The number of hydrogen-bond donors (Lipinski definition) is 1. The first kappa shape index (κ1) is 6.53. The Bertz CT molecular complexity index is 127. The summed E-state index contributed by atoms with van der Waals surface area (Å²) in [6.07, 6.45) is 0. The summed E-state index contributed by atoms with van der Waals surface area (Å²) in [6.45, 7) is 3.80. The van der Waals surface area contributed by atoms with E-state index >= 15 is 0 Å². The van der Waals surface area contributed by atoms with Crippen LogP contribution in [0.1, 0.15) is 0 Å². The summed E-state index contributed by atoms with van der Waals surface area (Å²) in [4.78, 5) is 2.03. The number of hydrogen-bond acceptors (Lipinski definition) is 3. The van der Waals surface area contributed by atoms with Crippen molar-refractivity contribution in [2.45, 2.75) is 6.04 Å². The smallest absolute Gasteiger partial charge is 0.113 e. The molecule has 1 aliphatic heterocycles. The maximum Gasteiger partial charge on any atom is 0.113 e. The van der Waals surface area contributed by atoms with Crippen molar-refractivity contribution in [2.24, 2.45) is 0 Å². The molecule has 0 aromatic rings. The van der Waals surface area contributed by atoms with Crippen molar-refractivity contribution >= 4 is 0 Å². The molecule has 0 aromatic carbocycles. The van der Waals surface area contributed by atoms with Crippen LogP contribution in [0.4, 0.5) is 0 Å². The normalized spacial score (nSPS) is 29.6. The van der Waals surface area contributed by atoms with Crippen molar-refractivity contribution < 1.29 is 0 Å². The SMILES string of the molecule is CN1[CH]C(C#N)NCC1. The topological polar surface area (TPSA) is 39.1 Å². The molecule has 3 nitrogen and oxygen atoms in total. The zero-order chi connectivity index (χ0) is 6.69. The predicted molar refractivity (Wildman–Crippen MR) is 34.3 cm³/mol. The largest absolute Gasteiger partial charge is 0.299 e. The van der Waals surface area contributed by atoms with E-state index in [1.54, 1.807) is 0 Å². The molecule has 3 heteroatoms. The number of nitrogens with zero attached hydrogens (tertiary/aromatic N) is 2. The van der Waals surface area contributed by atoms with Crippen LogP contribution in [0.5, 0.6) is 0 Å². The molecule has 0 aliphatic carbocycles. The van der Waals surface area contributed by atoms with E-state index < -0.39 is 0 Å². The van der Waals surface area contributed by atoms with Crippen LogP contribution in [0.3, 0.4) is 0 Å². The van der Waals surface area contributed by atoms with E-state index in [2.05, 4.69) is 11.4 Å². The van der Waals surface area contributed by atoms with Gasteiger partial charge in [0.25, 0.3) is 0 Å². The number of rotatable bonds is 0. The molecule has 9 heavy (non-hydrogen) atoms. The highest BCUT2D eigenvalue weighted by Gasteiger charge is 2.14. The molecule has 1 saturated heterocycles. The van der Waals surface area contributed by atoms with Gasteiger partial charge in [-0.2, -0.15) is 5.26 Å². The minimum atomic E-state index is -0.0799. The van der Waals surface area contributed by atoms with Crippen molar-refractivity contribution in [1.82, 2.24) is 10.2 Å². The highest BCUT2D eigenvalue weighted by Crippen LogP contribution is 1.98. The van der Waals surface area contributed by atoms with Crippen LogP contribution in [0.25, 0.3) is 0 Å². The van der Waals surface area contributed by atoms with Crippen LogP contribution in [0.15, 0.2) is 0 Å². The van der Waals surface area contributed by atoms with Gasteiger partial charge in [-0.05, 0) is 7.05 Å². The van der Waals surface area contributed by atoms with Crippen LogP contribution in [0.2, 0.25) is 0 Å². The maximum atomic E-state index is 8.44. The Kier molecular flexibility index (Phi) is 2.04. The molecule has 0 aromatic heterocycles. The van der Waals surface area contributed by atoms with Crippen molar-refractivity contribution in [3.05, 3.63) is 6.54 Å². The molecular weight excluding hydrogens is 114 g/mol. The van der Waals surface area contributed by atoms with Crippen LogP contribution in [-0.4, -0.2) is 31.1 Å². The first-order valence-corrected chi connectivity index (χ1v) is 3.01. The third-order valence-electron chi connectivity index (χ3n) is 1.37. The number of piperazine rings is 1. The van der Waals surface area contributed by atoms with E-state index in [0.29, 0.717) is 0 Å². The Morgan fingerprint density at radius 2 is 2.67 bits per heavy atom. The lowest BCUT2D eigenvalue weighted by Crippen LogP contribution is -2.44. The fraction of sp³-hybridized carbons (Fsp3) is 0.667. The highest BCUT2D eigenvalue weighted by atomic mass is 15.2. The summed E-state index contributed by atoms with van der Waals surface area (Å²) in [5, 5.41) is 11.5. The first-order valence-electron chi connectivity index (χ1n) is 3.01.